The number of carbonyl (C=O) groups is 2. The molecule has 0 aliphatic carbocycles. The zero-order valence-corrected chi connectivity index (χ0v) is 15.3. The van der Waals surface area contributed by atoms with Crippen LogP contribution >= 0.6 is 23.2 Å². The second kappa shape index (κ2) is 8.12. The van der Waals surface area contributed by atoms with Crippen LogP contribution in [0.2, 0.25) is 10.0 Å². The van der Waals surface area contributed by atoms with Crippen LogP contribution in [0.3, 0.4) is 0 Å². The lowest BCUT2D eigenvalue weighted by Gasteiger charge is -2.07. The molecule has 3 aromatic rings. The van der Waals surface area contributed by atoms with Gasteiger partial charge >= 0.3 is 5.97 Å². The lowest BCUT2D eigenvalue weighted by atomic mass is 10.2. The van der Waals surface area contributed by atoms with Gasteiger partial charge in [-0.2, -0.15) is 0 Å². The Morgan fingerprint density at radius 2 is 1.74 bits per heavy atom. The maximum absolute atomic E-state index is 12.3. The third kappa shape index (κ3) is 4.58. The average Bonchev–Trinajstić information content (AvgIpc) is 3.10. The van der Waals surface area contributed by atoms with Gasteiger partial charge < -0.3 is 14.8 Å². The first-order valence-corrected chi connectivity index (χ1v) is 8.56. The predicted octanol–water partition coefficient (Wildman–Crippen LogP) is 5.11. The van der Waals surface area contributed by atoms with E-state index < -0.39 is 11.9 Å². The van der Waals surface area contributed by atoms with E-state index in [1.54, 1.807) is 12.1 Å². The predicted molar refractivity (Wildman–Crippen MR) is 104 cm³/mol. The first-order valence-electron chi connectivity index (χ1n) is 7.80. The van der Waals surface area contributed by atoms with Crippen LogP contribution in [-0.4, -0.2) is 17.0 Å². The van der Waals surface area contributed by atoms with Crippen molar-refractivity contribution < 1.29 is 19.1 Å². The van der Waals surface area contributed by atoms with Crippen LogP contribution in [0.1, 0.15) is 16.1 Å². The number of furan rings is 1. The van der Waals surface area contributed by atoms with Gasteiger partial charge in [-0.1, -0.05) is 53.5 Å². The van der Waals surface area contributed by atoms with Crippen LogP contribution in [0, 0.1) is 0 Å². The summed E-state index contributed by atoms with van der Waals surface area (Å²) in [5.41, 5.74) is 0.614. The van der Waals surface area contributed by atoms with Crippen LogP contribution in [-0.2, 0) is 4.79 Å². The molecule has 0 saturated carbocycles. The maximum Gasteiger partial charge on any atom is 0.352 e. The number of nitrogens with one attached hydrogen (secondary N) is 1. The van der Waals surface area contributed by atoms with Crippen molar-refractivity contribution in [2.24, 2.45) is 0 Å². The Labute approximate surface area is 164 Å². The zero-order chi connectivity index (χ0) is 19.4. The Balaban J connectivity index is 1.84. The minimum absolute atomic E-state index is 0.109. The second-order valence-electron chi connectivity index (χ2n) is 5.51. The summed E-state index contributed by atoms with van der Waals surface area (Å²) in [6.45, 7) is 0. The summed E-state index contributed by atoms with van der Waals surface area (Å²) < 4.78 is 5.64. The molecule has 0 fully saturated rings. The summed E-state index contributed by atoms with van der Waals surface area (Å²) in [6.07, 6.45) is 1.23. The SMILES string of the molecule is O=C(O)/C(=C/c1ccc(-c2ccccc2)o1)NC(=O)c1ccc(Cl)cc1Cl. The summed E-state index contributed by atoms with van der Waals surface area (Å²) in [5.74, 6) is -1.11. The molecule has 0 unspecified atom stereocenters. The van der Waals surface area contributed by atoms with Crippen LogP contribution in [0.4, 0.5) is 0 Å². The molecule has 136 valence electrons. The normalized spacial score (nSPS) is 11.3. The summed E-state index contributed by atoms with van der Waals surface area (Å²) in [5, 5.41) is 12.2. The zero-order valence-electron chi connectivity index (χ0n) is 13.8. The molecule has 0 radical (unpaired) electrons. The molecule has 27 heavy (non-hydrogen) atoms. The molecule has 2 N–H and O–H groups in total. The van der Waals surface area contributed by atoms with Crippen molar-refractivity contribution in [1.82, 2.24) is 5.32 Å². The topological polar surface area (TPSA) is 79.5 Å². The average molecular weight is 402 g/mol. The first kappa shape index (κ1) is 18.8. The van der Waals surface area contributed by atoms with Gasteiger partial charge in [-0.05, 0) is 30.3 Å². The number of aliphatic carboxylic acids is 1. The van der Waals surface area contributed by atoms with Crippen molar-refractivity contribution in [1.29, 1.82) is 0 Å². The van der Waals surface area contributed by atoms with E-state index in [2.05, 4.69) is 5.32 Å². The highest BCUT2D eigenvalue weighted by atomic mass is 35.5. The Morgan fingerprint density at radius 1 is 1.00 bits per heavy atom. The van der Waals surface area contributed by atoms with Crippen LogP contribution in [0.15, 0.2) is 70.8 Å². The third-order valence-corrected chi connectivity index (χ3v) is 4.17. The molecule has 0 aliphatic rings. The van der Waals surface area contributed by atoms with E-state index in [4.69, 9.17) is 27.6 Å². The number of halogens is 2. The van der Waals surface area contributed by atoms with Gasteiger partial charge in [0.05, 0.1) is 10.6 Å². The number of carboxylic acids is 1. The van der Waals surface area contributed by atoms with Gasteiger partial charge in [0.25, 0.3) is 5.91 Å². The molecule has 1 heterocycles. The lowest BCUT2D eigenvalue weighted by molar-refractivity contribution is -0.132. The molecule has 0 aliphatic heterocycles. The largest absolute Gasteiger partial charge is 0.477 e. The quantitative estimate of drug-likeness (QED) is 0.582. The van der Waals surface area contributed by atoms with E-state index in [1.165, 1.54) is 24.3 Å². The first-order chi connectivity index (χ1) is 12.9. The summed E-state index contributed by atoms with van der Waals surface area (Å²) in [4.78, 5) is 23.8. The number of benzene rings is 2. The van der Waals surface area contributed by atoms with Gasteiger partial charge in [0.2, 0.25) is 0 Å². The number of carbonyl (C=O) groups excluding carboxylic acids is 1. The smallest absolute Gasteiger partial charge is 0.352 e. The molecule has 0 saturated heterocycles. The van der Waals surface area contributed by atoms with E-state index in [0.29, 0.717) is 10.8 Å². The number of hydrogen-bond acceptors (Lipinski definition) is 3. The third-order valence-electron chi connectivity index (χ3n) is 3.63. The lowest BCUT2D eigenvalue weighted by Crippen LogP contribution is -2.27. The summed E-state index contributed by atoms with van der Waals surface area (Å²) in [6, 6.07) is 17.0. The van der Waals surface area contributed by atoms with E-state index >= 15 is 0 Å². The van der Waals surface area contributed by atoms with Gasteiger partial charge in [0.1, 0.15) is 17.2 Å². The van der Waals surface area contributed by atoms with Crippen molar-refractivity contribution in [3.05, 3.63) is 87.7 Å². The van der Waals surface area contributed by atoms with Crippen LogP contribution in [0.25, 0.3) is 17.4 Å². The second-order valence-corrected chi connectivity index (χ2v) is 6.35. The monoisotopic (exact) mass is 401 g/mol. The Bertz CT molecular complexity index is 1030. The van der Waals surface area contributed by atoms with Crippen LogP contribution < -0.4 is 5.32 Å². The Kier molecular flexibility index (Phi) is 5.64. The number of rotatable bonds is 5. The molecule has 7 heteroatoms. The van der Waals surface area contributed by atoms with Gasteiger partial charge in [-0.25, -0.2) is 4.79 Å². The van der Waals surface area contributed by atoms with Crippen molar-refractivity contribution >= 4 is 41.2 Å². The van der Waals surface area contributed by atoms with E-state index in [-0.39, 0.29) is 22.0 Å². The fourth-order valence-corrected chi connectivity index (χ4v) is 2.84. The van der Waals surface area contributed by atoms with Crippen molar-refractivity contribution in [3.63, 3.8) is 0 Å². The van der Waals surface area contributed by atoms with Crippen LogP contribution in [0.5, 0.6) is 0 Å². The molecule has 1 aromatic heterocycles. The minimum Gasteiger partial charge on any atom is -0.477 e. The Morgan fingerprint density at radius 3 is 2.41 bits per heavy atom. The molecule has 3 rings (SSSR count). The molecule has 5 nitrogen and oxygen atoms in total. The standard InChI is InChI=1S/C20H13Cl2NO4/c21-13-6-8-15(16(22)10-13)19(24)23-17(20(25)26)11-14-7-9-18(27-14)12-4-2-1-3-5-12/h1-11H,(H,23,24)(H,25,26)/b17-11-. The van der Waals surface area contributed by atoms with Gasteiger partial charge in [0, 0.05) is 16.7 Å². The van der Waals surface area contributed by atoms with Crippen molar-refractivity contribution in [2.45, 2.75) is 0 Å². The minimum atomic E-state index is -1.31. The van der Waals surface area contributed by atoms with Crippen molar-refractivity contribution in [3.8, 4) is 11.3 Å². The molecule has 1 amide bonds. The van der Waals surface area contributed by atoms with Crippen molar-refractivity contribution in [2.75, 3.05) is 0 Å². The molecule has 2 aromatic carbocycles. The van der Waals surface area contributed by atoms with E-state index in [1.807, 2.05) is 30.3 Å². The van der Waals surface area contributed by atoms with Gasteiger partial charge in [0.15, 0.2) is 0 Å². The van der Waals surface area contributed by atoms with E-state index in [9.17, 15) is 14.7 Å². The highest BCUT2D eigenvalue weighted by Gasteiger charge is 2.17. The van der Waals surface area contributed by atoms with E-state index in [0.717, 1.165) is 5.56 Å². The summed E-state index contributed by atoms with van der Waals surface area (Å²) in [7, 11) is 0. The fraction of sp³-hybridized carbons (Fsp3) is 0. The van der Waals surface area contributed by atoms with Gasteiger partial charge in [-0.15, -0.1) is 0 Å². The molecular formula is C20H13Cl2NO4. The van der Waals surface area contributed by atoms with Gasteiger partial charge in [-0.3, -0.25) is 4.79 Å². The Hall–Kier alpha value is -3.02. The molecule has 0 spiro atoms. The highest BCUT2D eigenvalue weighted by molar-refractivity contribution is 6.36. The molecule has 0 bridgehead atoms. The highest BCUT2D eigenvalue weighted by Crippen LogP contribution is 2.24. The summed E-state index contributed by atoms with van der Waals surface area (Å²) >= 11 is 11.8. The number of hydrogen-bond donors (Lipinski definition) is 2. The fourth-order valence-electron chi connectivity index (χ4n) is 2.34. The maximum atomic E-state index is 12.3. The number of carboxylic acid groups (broad SMARTS) is 1. The molecule has 0 atom stereocenters. The molecular weight excluding hydrogens is 389 g/mol. The number of amides is 1.